The summed E-state index contributed by atoms with van der Waals surface area (Å²) in [5, 5.41) is 10.0. The first kappa shape index (κ1) is 24.5. The number of hydrogen-bond acceptors (Lipinski definition) is 6. The Balaban J connectivity index is 1.36. The third-order valence-corrected chi connectivity index (χ3v) is 8.62. The molecule has 2 saturated carbocycles. The van der Waals surface area contributed by atoms with Crippen LogP contribution in [0.1, 0.15) is 64.4 Å². The van der Waals surface area contributed by atoms with Gasteiger partial charge in [0.1, 0.15) is 5.69 Å². The smallest absolute Gasteiger partial charge is 0.270 e. The van der Waals surface area contributed by atoms with E-state index < -0.39 is 0 Å². The molecule has 1 heterocycles. The molecule has 34 heavy (non-hydrogen) atoms. The Morgan fingerprint density at radius 1 is 1.15 bits per heavy atom. The van der Waals surface area contributed by atoms with Crippen molar-refractivity contribution in [2.24, 2.45) is 16.7 Å². The van der Waals surface area contributed by atoms with Gasteiger partial charge in [0, 0.05) is 36.7 Å². The summed E-state index contributed by atoms with van der Waals surface area (Å²) in [6, 6.07) is 9.96. The van der Waals surface area contributed by atoms with Crippen LogP contribution in [0.3, 0.4) is 0 Å². The van der Waals surface area contributed by atoms with Gasteiger partial charge in [-0.2, -0.15) is 0 Å². The van der Waals surface area contributed by atoms with Crippen LogP contribution < -0.4 is 16.0 Å². The van der Waals surface area contributed by atoms with Gasteiger partial charge in [-0.25, -0.2) is 9.97 Å². The van der Waals surface area contributed by atoms with Crippen molar-refractivity contribution in [1.82, 2.24) is 20.2 Å². The van der Waals surface area contributed by atoms with Crippen molar-refractivity contribution >= 4 is 23.2 Å². The number of anilines is 3. The minimum atomic E-state index is -0.116. The molecule has 2 aliphatic rings. The normalized spacial score (nSPS) is 24.9. The number of amides is 1. The molecule has 1 amide bonds. The summed E-state index contributed by atoms with van der Waals surface area (Å²) < 4.78 is 0. The lowest BCUT2D eigenvalue weighted by Gasteiger charge is -2.33. The Bertz CT molecular complexity index is 1000. The zero-order valence-electron chi connectivity index (χ0n) is 21.3. The predicted molar refractivity (Wildman–Crippen MR) is 139 cm³/mol. The van der Waals surface area contributed by atoms with Gasteiger partial charge in [0.15, 0.2) is 0 Å². The second-order valence-corrected chi connectivity index (χ2v) is 10.6. The summed E-state index contributed by atoms with van der Waals surface area (Å²) in [5.41, 5.74) is 2.88. The van der Waals surface area contributed by atoms with Crippen molar-refractivity contribution in [2.45, 2.75) is 59.9 Å². The van der Waals surface area contributed by atoms with Crippen LogP contribution in [0.15, 0.2) is 36.5 Å². The van der Waals surface area contributed by atoms with Crippen LogP contribution in [0, 0.1) is 16.7 Å². The molecule has 7 nitrogen and oxygen atoms in total. The lowest BCUT2D eigenvalue weighted by atomic mass is 9.71. The molecular weight excluding hydrogens is 424 g/mol. The second kappa shape index (κ2) is 9.90. The largest absolute Gasteiger partial charge is 0.384 e. The molecule has 2 fully saturated rings. The maximum absolute atomic E-state index is 13.0. The van der Waals surface area contributed by atoms with E-state index in [9.17, 15) is 4.79 Å². The molecule has 184 valence electrons. The number of nitrogens with one attached hydrogen (secondary N) is 3. The summed E-state index contributed by atoms with van der Waals surface area (Å²) in [5.74, 6) is 0.834. The number of benzene rings is 1. The van der Waals surface area contributed by atoms with Crippen molar-refractivity contribution < 1.29 is 4.79 Å². The molecule has 3 unspecified atom stereocenters. The zero-order chi connectivity index (χ0) is 24.3. The highest BCUT2D eigenvalue weighted by Crippen LogP contribution is 2.65. The molecule has 0 radical (unpaired) electrons. The van der Waals surface area contributed by atoms with E-state index in [4.69, 9.17) is 0 Å². The zero-order valence-corrected chi connectivity index (χ0v) is 21.3. The van der Waals surface area contributed by atoms with Gasteiger partial charge in [0.05, 0.1) is 0 Å². The first-order chi connectivity index (χ1) is 16.3. The Kier molecular flexibility index (Phi) is 7.12. The monoisotopic (exact) mass is 464 g/mol. The third-order valence-electron chi connectivity index (χ3n) is 8.62. The van der Waals surface area contributed by atoms with E-state index in [0.717, 1.165) is 44.0 Å². The molecule has 0 aliphatic heterocycles. The average molecular weight is 465 g/mol. The topological polar surface area (TPSA) is 82.2 Å². The maximum Gasteiger partial charge on any atom is 0.270 e. The fourth-order valence-corrected chi connectivity index (χ4v) is 5.98. The quantitative estimate of drug-likeness (QED) is 0.463. The van der Waals surface area contributed by atoms with Crippen LogP contribution in [-0.4, -0.2) is 53.0 Å². The lowest BCUT2D eigenvalue weighted by Crippen LogP contribution is -2.40. The van der Waals surface area contributed by atoms with Crippen molar-refractivity contribution in [1.29, 1.82) is 0 Å². The Morgan fingerprint density at radius 3 is 2.59 bits per heavy atom. The van der Waals surface area contributed by atoms with Crippen LogP contribution in [0.25, 0.3) is 0 Å². The van der Waals surface area contributed by atoms with Crippen LogP contribution in [0.2, 0.25) is 0 Å². The molecule has 2 bridgehead atoms. The summed E-state index contributed by atoms with van der Waals surface area (Å²) in [7, 11) is 0. The molecule has 2 aromatic rings. The maximum atomic E-state index is 13.0. The van der Waals surface area contributed by atoms with E-state index in [1.165, 1.54) is 12.8 Å². The van der Waals surface area contributed by atoms with Gasteiger partial charge >= 0.3 is 0 Å². The Hall–Kier alpha value is -2.67. The van der Waals surface area contributed by atoms with Gasteiger partial charge in [-0.3, -0.25) is 4.79 Å². The fourth-order valence-electron chi connectivity index (χ4n) is 5.98. The van der Waals surface area contributed by atoms with Gasteiger partial charge in [0.2, 0.25) is 5.95 Å². The summed E-state index contributed by atoms with van der Waals surface area (Å²) in [4.78, 5) is 24.2. The van der Waals surface area contributed by atoms with Crippen molar-refractivity contribution in [2.75, 3.05) is 36.8 Å². The Labute approximate surface area is 204 Å². The summed E-state index contributed by atoms with van der Waals surface area (Å²) >= 11 is 0. The first-order valence-electron chi connectivity index (χ1n) is 12.7. The molecule has 7 heteroatoms. The van der Waals surface area contributed by atoms with Crippen LogP contribution in [-0.2, 0) is 0 Å². The predicted octanol–water partition coefficient (Wildman–Crippen LogP) is 4.92. The second-order valence-electron chi connectivity index (χ2n) is 10.6. The van der Waals surface area contributed by atoms with Gasteiger partial charge in [-0.1, -0.05) is 40.7 Å². The number of carbonyl (C=O) groups excluding carboxylic acids is 1. The molecule has 0 saturated heterocycles. The molecule has 4 rings (SSSR count). The molecule has 0 spiro atoms. The fraction of sp³-hybridized carbons (Fsp3) is 0.593. The highest BCUT2D eigenvalue weighted by atomic mass is 16.2. The van der Waals surface area contributed by atoms with E-state index >= 15 is 0 Å². The molecule has 2 aliphatic carbocycles. The van der Waals surface area contributed by atoms with Gasteiger partial charge in [-0.05, 0) is 73.4 Å². The van der Waals surface area contributed by atoms with Crippen LogP contribution in [0.4, 0.5) is 17.3 Å². The number of rotatable bonds is 10. The Morgan fingerprint density at radius 2 is 1.91 bits per heavy atom. The minimum absolute atomic E-state index is 0.116. The molecular formula is C27H40N6O. The standard InChI is InChI=1S/C27H40N6O/c1-6-33(7-2)16-15-28-19-9-8-10-20(17-19)30-25-29-14-12-22(32-25)24(34)31-23-18-27(5)13-11-21(23)26(27,3)4/h8-10,12,14,17,21,23,28H,6-7,11,13,15-16,18H2,1-5H3,(H,31,34)(H,29,30,32). The highest BCUT2D eigenvalue weighted by Gasteiger charge is 2.60. The number of aromatic nitrogens is 2. The van der Waals surface area contributed by atoms with E-state index in [1.807, 2.05) is 18.2 Å². The number of hydrogen-bond donors (Lipinski definition) is 3. The molecule has 1 aromatic carbocycles. The molecule has 3 atom stereocenters. The van der Waals surface area contributed by atoms with Gasteiger partial charge < -0.3 is 20.9 Å². The van der Waals surface area contributed by atoms with Gasteiger partial charge in [0.25, 0.3) is 5.91 Å². The van der Waals surface area contributed by atoms with Crippen molar-refractivity contribution in [3.63, 3.8) is 0 Å². The minimum Gasteiger partial charge on any atom is -0.384 e. The van der Waals surface area contributed by atoms with Crippen molar-refractivity contribution in [3.05, 3.63) is 42.2 Å². The molecule has 1 aromatic heterocycles. The number of likely N-dealkylation sites (N-methyl/N-ethyl adjacent to an activating group) is 1. The first-order valence-corrected chi connectivity index (χ1v) is 12.7. The number of nitrogens with zero attached hydrogens (tertiary/aromatic N) is 3. The number of carbonyl (C=O) groups is 1. The van der Waals surface area contributed by atoms with E-state index in [0.29, 0.717) is 23.0 Å². The van der Waals surface area contributed by atoms with Gasteiger partial charge in [-0.15, -0.1) is 0 Å². The number of fused-ring (bicyclic) bond motifs is 2. The van der Waals surface area contributed by atoms with Crippen molar-refractivity contribution in [3.8, 4) is 0 Å². The highest BCUT2D eigenvalue weighted by molar-refractivity contribution is 5.92. The van der Waals surface area contributed by atoms with E-state index in [1.54, 1.807) is 12.3 Å². The lowest BCUT2D eigenvalue weighted by molar-refractivity contribution is 0.0912. The summed E-state index contributed by atoms with van der Waals surface area (Å²) in [6.45, 7) is 15.4. The van der Waals surface area contributed by atoms with Crippen LogP contribution >= 0.6 is 0 Å². The average Bonchev–Trinajstić information content (AvgIpc) is 3.15. The summed E-state index contributed by atoms with van der Waals surface area (Å²) in [6.07, 6.45) is 5.12. The SMILES string of the molecule is CCN(CC)CCNc1cccc(Nc2nccc(C(=O)NC3CC4(C)CCC3C4(C)C)n2)c1. The van der Waals surface area contributed by atoms with Crippen LogP contribution in [0.5, 0.6) is 0 Å². The third kappa shape index (κ3) is 4.90. The van der Waals surface area contributed by atoms with E-state index in [-0.39, 0.29) is 17.4 Å². The molecule has 3 N–H and O–H groups in total. The van der Waals surface area contributed by atoms with E-state index in [2.05, 4.69) is 71.5 Å².